The quantitative estimate of drug-likeness (QED) is 0.767. The molecule has 1 aromatic rings. The third-order valence-corrected chi connectivity index (χ3v) is 1.63. The number of rotatable bonds is 2. The van der Waals surface area contributed by atoms with Crippen LogP contribution in [0.3, 0.4) is 0 Å². The molecule has 0 aromatic carbocycles. The summed E-state index contributed by atoms with van der Waals surface area (Å²) in [6.45, 7) is 1.34. The van der Waals surface area contributed by atoms with Crippen LogP contribution in [-0.2, 0) is 6.54 Å². The van der Waals surface area contributed by atoms with Crippen LogP contribution in [0, 0.1) is 6.92 Å². The Hall–Kier alpha value is -1.27. The van der Waals surface area contributed by atoms with E-state index in [9.17, 15) is 13.2 Å². The van der Waals surface area contributed by atoms with Crippen LogP contribution in [0.25, 0.3) is 0 Å². The first-order valence-electron chi connectivity index (χ1n) is 3.62. The lowest BCUT2D eigenvalue weighted by Crippen LogP contribution is -2.14. The topological polar surface area (TPSA) is 56.7 Å². The average Bonchev–Trinajstić information content (AvgIpc) is 2.29. The number of aryl methyl sites for hydroxylation is 1. The number of aromatic nitrogens is 3. The van der Waals surface area contributed by atoms with Crippen molar-refractivity contribution in [2.24, 2.45) is 0 Å². The maximum Gasteiger partial charge on any atom is 0.390 e. The Kier molecular flexibility index (Phi) is 2.44. The first-order valence-corrected chi connectivity index (χ1v) is 3.62. The van der Waals surface area contributed by atoms with Gasteiger partial charge in [-0.15, -0.1) is 5.10 Å². The van der Waals surface area contributed by atoms with Crippen molar-refractivity contribution in [1.29, 1.82) is 0 Å². The summed E-state index contributed by atoms with van der Waals surface area (Å²) in [6, 6.07) is 0. The van der Waals surface area contributed by atoms with E-state index in [2.05, 4.69) is 10.3 Å². The Morgan fingerprint density at radius 1 is 1.46 bits per heavy atom. The highest BCUT2D eigenvalue weighted by atomic mass is 19.4. The van der Waals surface area contributed by atoms with Crippen molar-refractivity contribution < 1.29 is 13.2 Å². The van der Waals surface area contributed by atoms with Crippen molar-refractivity contribution in [1.82, 2.24) is 15.0 Å². The maximum atomic E-state index is 11.8. The molecular formula is C6H9F3N4. The monoisotopic (exact) mass is 194 g/mol. The van der Waals surface area contributed by atoms with Crippen LogP contribution >= 0.6 is 0 Å². The van der Waals surface area contributed by atoms with E-state index in [-0.39, 0.29) is 12.4 Å². The number of alkyl halides is 3. The van der Waals surface area contributed by atoms with Crippen LogP contribution < -0.4 is 5.73 Å². The van der Waals surface area contributed by atoms with E-state index in [0.717, 1.165) is 4.68 Å². The van der Waals surface area contributed by atoms with Gasteiger partial charge in [0.2, 0.25) is 0 Å². The molecule has 1 aromatic heterocycles. The van der Waals surface area contributed by atoms with Gasteiger partial charge in [-0.05, 0) is 6.92 Å². The molecule has 0 radical (unpaired) electrons. The molecule has 0 saturated heterocycles. The van der Waals surface area contributed by atoms with Gasteiger partial charge in [0.15, 0.2) is 5.82 Å². The van der Waals surface area contributed by atoms with E-state index in [4.69, 9.17) is 5.73 Å². The molecule has 74 valence electrons. The summed E-state index contributed by atoms with van der Waals surface area (Å²) in [4.78, 5) is 0. The summed E-state index contributed by atoms with van der Waals surface area (Å²) in [7, 11) is 0. The highest BCUT2D eigenvalue weighted by molar-refractivity contribution is 5.31. The summed E-state index contributed by atoms with van der Waals surface area (Å²) in [5.74, 6) is 0.169. The SMILES string of the molecule is Cc1c(N)nnn1CCC(F)(F)F. The standard InChI is InChI=1S/C6H9F3N4/c1-4-5(10)11-12-13(4)3-2-6(7,8)9/h2-3,10H2,1H3. The van der Waals surface area contributed by atoms with Gasteiger partial charge in [-0.2, -0.15) is 13.2 Å². The molecule has 2 N–H and O–H groups in total. The van der Waals surface area contributed by atoms with Gasteiger partial charge >= 0.3 is 6.18 Å². The zero-order chi connectivity index (χ0) is 10.1. The molecule has 0 bridgehead atoms. The fraction of sp³-hybridized carbons (Fsp3) is 0.667. The molecule has 0 fully saturated rings. The molecular weight excluding hydrogens is 185 g/mol. The normalized spacial score (nSPS) is 12.0. The summed E-state index contributed by atoms with van der Waals surface area (Å²) in [6.07, 6.45) is -5.09. The van der Waals surface area contributed by atoms with Crippen molar-refractivity contribution >= 4 is 5.82 Å². The first-order chi connectivity index (χ1) is 5.90. The maximum absolute atomic E-state index is 11.8. The Labute approximate surface area is 72.5 Å². The molecule has 1 rings (SSSR count). The average molecular weight is 194 g/mol. The summed E-state index contributed by atoms with van der Waals surface area (Å²) in [5.41, 5.74) is 5.77. The van der Waals surface area contributed by atoms with Crippen LogP contribution in [0.1, 0.15) is 12.1 Å². The molecule has 0 aliphatic carbocycles. The molecule has 0 atom stereocenters. The second-order valence-electron chi connectivity index (χ2n) is 2.65. The number of hydrogen-bond donors (Lipinski definition) is 1. The molecule has 0 unspecified atom stereocenters. The van der Waals surface area contributed by atoms with E-state index in [1.165, 1.54) is 0 Å². The summed E-state index contributed by atoms with van der Waals surface area (Å²) >= 11 is 0. The van der Waals surface area contributed by atoms with Crippen LogP contribution in [-0.4, -0.2) is 21.2 Å². The Morgan fingerprint density at radius 3 is 2.46 bits per heavy atom. The van der Waals surface area contributed by atoms with Gasteiger partial charge in [-0.25, -0.2) is 4.68 Å². The third-order valence-electron chi connectivity index (χ3n) is 1.63. The van der Waals surface area contributed by atoms with E-state index < -0.39 is 12.6 Å². The van der Waals surface area contributed by atoms with Gasteiger partial charge in [-0.1, -0.05) is 5.21 Å². The van der Waals surface area contributed by atoms with Gasteiger partial charge in [0, 0.05) is 0 Å². The van der Waals surface area contributed by atoms with E-state index in [0.29, 0.717) is 5.69 Å². The highest BCUT2D eigenvalue weighted by Gasteiger charge is 2.27. The number of nitrogens with two attached hydrogens (primary N) is 1. The second kappa shape index (κ2) is 3.23. The number of halogens is 3. The van der Waals surface area contributed by atoms with Gasteiger partial charge in [0.05, 0.1) is 18.7 Å². The van der Waals surface area contributed by atoms with Gasteiger partial charge < -0.3 is 5.73 Å². The predicted octanol–water partition coefficient (Wildman–Crippen LogP) is 1.12. The molecule has 1 heterocycles. The zero-order valence-corrected chi connectivity index (χ0v) is 6.97. The minimum atomic E-state index is -4.17. The Morgan fingerprint density at radius 2 is 2.08 bits per heavy atom. The summed E-state index contributed by atoms with van der Waals surface area (Å²) < 4.78 is 36.5. The predicted molar refractivity (Wildman–Crippen MR) is 39.8 cm³/mol. The highest BCUT2D eigenvalue weighted by Crippen LogP contribution is 2.20. The lowest BCUT2D eigenvalue weighted by atomic mass is 10.4. The van der Waals surface area contributed by atoms with Gasteiger partial charge in [-0.3, -0.25) is 0 Å². The molecule has 7 heteroatoms. The molecule has 0 amide bonds. The molecule has 0 saturated carbocycles. The minimum Gasteiger partial charge on any atom is -0.381 e. The number of nitrogens with zero attached hydrogens (tertiary/aromatic N) is 3. The molecule has 0 aliphatic heterocycles. The molecule has 4 nitrogen and oxygen atoms in total. The largest absolute Gasteiger partial charge is 0.390 e. The van der Waals surface area contributed by atoms with Gasteiger partial charge in [0.1, 0.15) is 0 Å². The fourth-order valence-corrected chi connectivity index (χ4v) is 0.819. The van der Waals surface area contributed by atoms with Crippen molar-refractivity contribution in [3.05, 3.63) is 5.69 Å². The van der Waals surface area contributed by atoms with E-state index in [1.807, 2.05) is 0 Å². The molecule has 13 heavy (non-hydrogen) atoms. The van der Waals surface area contributed by atoms with Crippen molar-refractivity contribution in [2.45, 2.75) is 26.1 Å². The zero-order valence-electron chi connectivity index (χ0n) is 6.97. The lowest BCUT2D eigenvalue weighted by molar-refractivity contribution is -0.137. The molecule has 0 spiro atoms. The Balaban J connectivity index is 2.60. The fourth-order valence-electron chi connectivity index (χ4n) is 0.819. The van der Waals surface area contributed by atoms with Crippen molar-refractivity contribution in [3.63, 3.8) is 0 Å². The number of hydrogen-bond acceptors (Lipinski definition) is 3. The first kappa shape index (κ1) is 9.82. The van der Waals surface area contributed by atoms with E-state index in [1.54, 1.807) is 6.92 Å². The molecule has 0 aliphatic rings. The van der Waals surface area contributed by atoms with E-state index >= 15 is 0 Å². The van der Waals surface area contributed by atoms with Crippen molar-refractivity contribution in [2.75, 3.05) is 5.73 Å². The van der Waals surface area contributed by atoms with Gasteiger partial charge in [0.25, 0.3) is 0 Å². The minimum absolute atomic E-state index is 0.169. The third kappa shape index (κ3) is 2.60. The van der Waals surface area contributed by atoms with Crippen LogP contribution in [0.4, 0.5) is 19.0 Å². The Bertz CT molecular complexity index is 291. The van der Waals surface area contributed by atoms with Crippen LogP contribution in [0.2, 0.25) is 0 Å². The number of nitrogen functional groups attached to an aromatic ring is 1. The van der Waals surface area contributed by atoms with Crippen LogP contribution in [0.15, 0.2) is 0 Å². The smallest absolute Gasteiger partial charge is 0.381 e. The van der Waals surface area contributed by atoms with Crippen molar-refractivity contribution in [3.8, 4) is 0 Å². The number of anilines is 1. The summed E-state index contributed by atoms with van der Waals surface area (Å²) in [5, 5.41) is 6.90. The second-order valence-corrected chi connectivity index (χ2v) is 2.65. The van der Waals surface area contributed by atoms with Crippen LogP contribution in [0.5, 0.6) is 0 Å². The lowest BCUT2D eigenvalue weighted by Gasteiger charge is -2.06.